The molecule has 21 heavy (non-hydrogen) atoms. The number of rotatable bonds is 6. The summed E-state index contributed by atoms with van der Waals surface area (Å²) in [7, 11) is 4.80. The highest BCUT2D eigenvalue weighted by Crippen LogP contribution is 2.46. The van der Waals surface area contributed by atoms with Crippen LogP contribution in [0, 0.1) is 0 Å². The van der Waals surface area contributed by atoms with Gasteiger partial charge in [-0.15, -0.1) is 0 Å². The topological polar surface area (TPSA) is 40.8 Å². The first-order valence-electron chi connectivity index (χ1n) is 6.67. The monoisotopic (exact) mass is 354 g/mol. The van der Waals surface area contributed by atoms with Gasteiger partial charge in [-0.1, -0.05) is 22.9 Å². The number of ether oxygens (including phenoxy) is 3. The number of aryl methyl sites for hydroxylation is 1. The van der Waals surface area contributed by atoms with Crippen LogP contribution >= 0.6 is 15.9 Å². The van der Waals surface area contributed by atoms with Crippen LogP contribution in [-0.4, -0.2) is 21.3 Å². The van der Waals surface area contributed by atoms with Gasteiger partial charge in [-0.2, -0.15) is 0 Å². The molecule has 114 valence electrons. The minimum absolute atomic E-state index is 0.118. The van der Waals surface area contributed by atoms with Gasteiger partial charge in [0.15, 0.2) is 11.5 Å². The summed E-state index contributed by atoms with van der Waals surface area (Å²) in [6.07, 6.45) is 0.864. The summed E-state index contributed by atoms with van der Waals surface area (Å²) in [5.41, 5.74) is 0.923. The number of hydrogen-bond donors (Lipinski definition) is 0. The van der Waals surface area contributed by atoms with E-state index >= 15 is 0 Å². The highest BCUT2D eigenvalue weighted by Gasteiger charge is 2.23. The van der Waals surface area contributed by atoms with Crippen molar-refractivity contribution in [1.29, 1.82) is 0 Å². The zero-order valence-corrected chi connectivity index (χ0v) is 14.2. The molecule has 2 aromatic rings. The van der Waals surface area contributed by atoms with Gasteiger partial charge in [0, 0.05) is 12.0 Å². The molecule has 0 radical (unpaired) electrons. The first kappa shape index (κ1) is 15.8. The van der Waals surface area contributed by atoms with E-state index in [1.165, 1.54) is 0 Å². The highest BCUT2D eigenvalue weighted by atomic mass is 79.9. The summed E-state index contributed by atoms with van der Waals surface area (Å²) in [6.45, 7) is 2.06. The molecule has 1 aromatic heterocycles. The van der Waals surface area contributed by atoms with Crippen LogP contribution in [0.1, 0.15) is 28.8 Å². The van der Waals surface area contributed by atoms with Crippen LogP contribution in [0.15, 0.2) is 28.7 Å². The molecule has 0 N–H and O–H groups in total. The third-order valence-corrected chi connectivity index (χ3v) is 4.23. The molecule has 2 rings (SSSR count). The van der Waals surface area contributed by atoms with Gasteiger partial charge in [0.1, 0.15) is 16.3 Å². The summed E-state index contributed by atoms with van der Waals surface area (Å²) in [5, 5.41) is 0. The summed E-state index contributed by atoms with van der Waals surface area (Å²) >= 11 is 3.67. The smallest absolute Gasteiger partial charge is 0.203 e. The van der Waals surface area contributed by atoms with Gasteiger partial charge in [-0.25, -0.2) is 0 Å². The number of halogens is 1. The van der Waals surface area contributed by atoms with Gasteiger partial charge in [0.05, 0.1) is 21.3 Å². The number of hydrogen-bond acceptors (Lipinski definition) is 4. The molecule has 0 saturated carbocycles. The fraction of sp³-hybridized carbons (Fsp3) is 0.375. The molecular weight excluding hydrogens is 336 g/mol. The van der Waals surface area contributed by atoms with Crippen molar-refractivity contribution in [3.8, 4) is 17.2 Å². The molecule has 0 bridgehead atoms. The lowest BCUT2D eigenvalue weighted by atomic mass is 10.1. The minimum Gasteiger partial charge on any atom is -0.493 e. The van der Waals surface area contributed by atoms with E-state index in [4.69, 9.17) is 18.6 Å². The number of furan rings is 1. The zero-order chi connectivity index (χ0) is 15.4. The van der Waals surface area contributed by atoms with E-state index in [0.29, 0.717) is 17.2 Å². The highest BCUT2D eigenvalue weighted by molar-refractivity contribution is 9.09. The Balaban J connectivity index is 2.47. The Morgan fingerprint density at radius 3 is 2.24 bits per heavy atom. The molecule has 1 atom stereocenters. The van der Waals surface area contributed by atoms with Crippen LogP contribution in [0.25, 0.3) is 0 Å². The second-order valence-corrected chi connectivity index (χ2v) is 5.36. The Labute approximate surface area is 133 Å². The molecule has 0 aliphatic rings. The summed E-state index contributed by atoms with van der Waals surface area (Å²) in [5.74, 6) is 3.62. The largest absolute Gasteiger partial charge is 0.493 e. The van der Waals surface area contributed by atoms with E-state index in [2.05, 4.69) is 22.9 Å². The lowest BCUT2D eigenvalue weighted by molar-refractivity contribution is 0.322. The molecular formula is C16H19BrO4. The van der Waals surface area contributed by atoms with E-state index in [1.807, 2.05) is 24.3 Å². The molecule has 0 aliphatic heterocycles. The minimum atomic E-state index is -0.118. The molecule has 1 aromatic carbocycles. The molecule has 1 heterocycles. The van der Waals surface area contributed by atoms with Gasteiger partial charge in [0.2, 0.25) is 5.75 Å². The average molecular weight is 355 g/mol. The Bertz CT molecular complexity index is 606. The molecule has 0 amide bonds. The molecule has 4 nitrogen and oxygen atoms in total. The van der Waals surface area contributed by atoms with Crippen molar-refractivity contribution in [2.75, 3.05) is 21.3 Å². The fourth-order valence-corrected chi connectivity index (χ4v) is 2.80. The standard InChI is InChI=1S/C16H19BrO4/c1-5-10-6-8-12(21-10)14(17)11-7-9-13(18-2)16(20-4)15(11)19-3/h6-9,14H,5H2,1-4H3. The average Bonchev–Trinajstić information content (AvgIpc) is 3.01. The Kier molecular flexibility index (Phi) is 5.17. The third kappa shape index (κ3) is 3.02. The van der Waals surface area contributed by atoms with Crippen LogP contribution in [0.4, 0.5) is 0 Å². The van der Waals surface area contributed by atoms with Gasteiger partial charge >= 0.3 is 0 Å². The van der Waals surface area contributed by atoms with E-state index in [0.717, 1.165) is 23.5 Å². The van der Waals surface area contributed by atoms with E-state index < -0.39 is 0 Å². The van der Waals surface area contributed by atoms with Crippen LogP contribution in [0.5, 0.6) is 17.2 Å². The SMILES string of the molecule is CCc1ccc(C(Br)c2ccc(OC)c(OC)c2OC)o1. The lowest BCUT2D eigenvalue weighted by Crippen LogP contribution is -2.01. The van der Waals surface area contributed by atoms with Gasteiger partial charge < -0.3 is 18.6 Å². The predicted octanol–water partition coefficient (Wildman–Crippen LogP) is 4.35. The molecule has 5 heteroatoms. The van der Waals surface area contributed by atoms with E-state index in [-0.39, 0.29) is 4.83 Å². The second-order valence-electron chi connectivity index (χ2n) is 4.44. The van der Waals surface area contributed by atoms with Crippen molar-refractivity contribution in [2.45, 2.75) is 18.2 Å². The van der Waals surface area contributed by atoms with Gasteiger partial charge in [0.25, 0.3) is 0 Å². The van der Waals surface area contributed by atoms with Crippen molar-refractivity contribution < 1.29 is 18.6 Å². The van der Waals surface area contributed by atoms with Crippen molar-refractivity contribution >= 4 is 15.9 Å². The Morgan fingerprint density at radius 2 is 1.71 bits per heavy atom. The maximum Gasteiger partial charge on any atom is 0.203 e. The van der Waals surface area contributed by atoms with Crippen LogP contribution in [-0.2, 0) is 6.42 Å². The molecule has 0 saturated heterocycles. The van der Waals surface area contributed by atoms with Crippen molar-refractivity contribution in [3.63, 3.8) is 0 Å². The van der Waals surface area contributed by atoms with Gasteiger partial charge in [-0.3, -0.25) is 0 Å². The predicted molar refractivity (Wildman–Crippen MR) is 85.0 cm³/mol. The van der Waals surface area contributed by atoms with E-state index in [1.54, 1.807) is 21.3 Å². The second kappa shape index (κ2) is 6.89. The molecule has 0 spiro atoms. The first-order valence-corrected chi connectivity index (χ1v) is 7.59. The summed E-state index contributed by atoms with van der Waals surface area (Å²) in [6, 6.07) is 7.74. The molecule has 0 aliphatic carbocycles. The zero-order valence-electron chi connectivity index (χ0n) is 12.6. The molecule has 0 fully saturated rings. The van der Waals surface area contributed by atoms with Crippen LogP contribution < -0.4 is 14.2 Å². The van der Waals surface area contributed by atoms with Gasteiger partial charge in [-0.05, 0) is 24.3 Å². The summed E-state index contributed by atoms with van der Waals surface area (Å²) < 4.78 is 22.0. The summed E-state index contributed by atoms with van der Waals surface area (Å²) in [4.78, 5) is -0.118. The normalized spacial score (nSPS) is 12.0. The Morgan fingerprint density at radius 1 is 1.00 bits per heavy atom. The third-order valence-electron chi connectivity index (χ3n) is 3.29. The van der Waals surface area contributed by atoms with Crippen molar-refractivity contribution in [3.05, 3.63) is 41.3 Å². The van der Waals surface area contributed by atoms with E-state index in [9.17, 15) is 0 Å². The number of alkyl halides is 1. The maximum atomic E-state index is 5.80. The fourth-order valence-electron chi connectivity index (χ4n) is 2.20. The number of benzene rings is 1. The van der Waals surface area contributed by atoms with Crippen LogP contribution in [0.3, 0.4) is 0 Å². The van der Waals surface area contributed by atoms with Crippen LogP contribution in [0.2, 0.25) is 0 Å². The van der Waals surface area contributed by atoms with Crippen molar-refractivity contribution in [1.82, 2.24) is 0 Å². The lowest BCUT2D eigenvalue weighted by Gasteiger charge is -2.17. The van der Waals surface area contributed by atoms with Crippen molar-refractivity contribution in [2.24, 2.45) is 0 Å². The maximum absolute atomic E-state index is 5.80. The quantitative estimate of drug-likeness (QED) is 0.723. The molecule has 1 unspecified atom stereocenters. The number of methoxy groups -OCH3 is 3. The first-order chi connectivity index (χ1) is 10.2. The Hall–Kier alpha value is -1.62.